The van der Waals surface area contributed by atoms with E-state index in [0.717, 1.165) is 24.1 Å². The average Bonchev–Trinajstić information content (AvgIpc) is 3.19. The third-order valence-corrected chi connectivity index (χ3v) is 6.80. The lowest BCUT2D eigenvalue weighted by molar-refractivity contribution is 0.235. The zero-order valence-corrected chi connectivity index (χ0v) is 19.2. The molecule has 0 N–H and O–H groups in total. The third-order valence-electron chi connectivity index (χ3n) is 6.80. The van der Waals surface area contributed by atoms with E-state index < -0.39 is 0 Å². The summed E-state index contributed by atoms with van der Waals surface area (Å²) in [7, 11) is 0. The minimum atomic E-state index is 0.742. The molecule has 3 aromatic rings. The van der Waals surface area contributed by atoms with Crippen LogP contribution in [0.5, 0.6) is 0 Å². The minimum Gasteiger partial charge on any atom is -0.271 e. The molecule has 31 heavy (non-hydrogen) atoms. The van der Waals surface area contributed by atoms with Gasteiger partial charge >= 0.3 is 0 Å². The Kier molecular flexibility index (Phi) is 7.06. The van der Waals surface area contributed by atoms with Crippen LogP contribution in [0.15, 0.2) is 72.9 Å². The van der Waals surface area contributed by atoms with E-state index in [2.05, 4.69) is 85.9 Å². The van der Waals surface area contributed by atoms with Crippen LogP contribution in [0, 0.1) is 18.8 Å². The van der Waals surface area contributed by atoms with Gasteiger partial charge in [0.2, 0.25) is 0 Å². The van der Waals surface area contributed by atoms with Crippen molar-refractivity contribution in [3.05, 3.63) is 78.5 Å². The fraction of sp³-hybridized carbons (Fsp3) is 0.414. The molecule has 1 aliphatic carbocycles. The zero-order chi connectivity index (χ0) is 21.6. The summed E-state index contributed by atoms with van der Waals surface area (Å²) in [5, 5.41) is 5.07. The first kappa shape index (κ1) is 21.6. The van der Waals surface area contributed by atoms with E-state index in [-0.39, 0.29) is 0 Å². The predicted octanol–water partition coefficient (Wildman–Crippen LogP) is 8.08. The summed E-state index contributed by atoms with van der Waals surface area (Å²) in [5.74, 6) is 1.66. The number of rotatable bonds is 8. The lowest BCUT2D eigenvalue weighted by Crippen LogP contribution is -2.19. The van der Waals surface area contributed by atoms with E-state index in [1.54, 1.807) is 0 Å². The highest BCUT2D eigenvalue weighted by Gasteiger charge is 2.22. The lowest BCUT2D eigenvalue weighted by atomic mass is 9.79. The average molecular weight is 413 g/mol. The summed E-state index contributed by atoms with van der Waals surface area (Å²) >= 11 is 0. The van der Waals surface area contributed by atoms with Crippen LogP contribution in [0.25, 0.3) is 22.4 Å². The van der Waals surface area contributed by atoms with Gasteiger partial charge in [0.05, 0.1) is 0 Å². The quantitative estimate of drug-likeness (QED) is 0.342. The van der Waals surface area contributed by atoms with Crippen molar-refractivity contribution in [2.75, 3.05) is 0 Å². The van der Waals surface area contributed by atoms with E-state index in [0.29, 0.717) is 0 Å². The molecule has 4 rings (SSSR count). The van der Waals surface area contributed by atoms with Crippen LogP contribution in [-0.2, 0) is 6.54 Å². The van der Waals surface area contributed by atoms with E-state index in [1.807, 2.05) is 0 Å². The van der Waals surface area contributed by atoms with Gasteiger partial charge in [-0.1, -0.05) is 85.0 Å². The van der Waals surface area contributed by atoms with Crippen molar-refractivity contribution >= 4 is 0 Å². The maximum Gasteiger partial charge on any atom is 0.100 e. The van der Waals surface area contributed by atoms with Gasteiger partial charge in [0.25, 0.3) is 0 Å². The molecular formula is C29H36N2. The van der Waals surface area contributed by atoms with Crippen molar-refractivity contribution < 1.29 is 0 Å². The van der Waals surface area contributed by atoms with Crippen LogP contribution in [-0.4, -0.2) is 9.78 Å². The molecule has 0 saturated heterocycles. The van der Waals surface area contributed by atoms with Crippen molar-refractivity contribution in [1.29, 1.82) is 0 Å². The van der Waals surface area contributed by atoms with E-state index in [4.69, 9.17) is 5.10 Å². The number of hydrogen-bond donors (Lipinski definition) is 0. The second-order valence-electron chi connectivity index (χ2n) is 9.58. The first-order chi connectivity index (χ1) is 15.1. The van der Waals surface area contributed by atoms with Gasteiger partial charge in [-0.2, -0.15) is 5.10 Å². The summed E-state index contributed by atoms with van der Waals surface area (Å²) in [4.78, 5) is 0. The maximum absolute atomic E-state index is 5.07. The fourth-order valence-corrected chi connectivity index (χ4v) is 4.93. The summed E-state index contributed by atoms with van der Waals surface area (Å²) in [6, 6.07) is 19.4. The van der Waals surface area contributed by atoms with Crippen molar-refractivity contribution in [3.63, 3.8) is 0 Å². The molecule has 0 radical (unpaired) electrons. The van der Waals surface area contributed by atoms with E-state index in [1.165, 1.54) is 72.8 Å². The van der Waals surface area contributed by atoms with Gasteiger partial charge in [-0.25, -0.2) is 0 Å². The van der Waals surface area contributed by atoms with Gasteiger partial charge in [0.1, 0.15) is 5.69 Å². The number of allylic oxidation sites excluding steroid dienone is 1. The second kappa shape index (κ2) is 10.1. The van der Waals surface area contributed by atoms with Crippen LogP contribution in [0.2, 0.25) is 0 Å². The summed E-state index contributed by atoms with van der Waals surface area (Å²) < 4.78 is 2.21. The Balaban J connectivity index is 1.46. The molecule has 0 amide bonds. The van der Waals surface area contributed by atoms with Crippen molar-refractivity contribution in [2.45, 2.75) is 65.3 Å². The molecule has 1 heterocycles. The summed E-state index contributed by atoms with van der Waals surface area (Å²) in [5.41, 5.74) is 7.39. The minimum absolute atomic E-state index is 0.742. The number of aromatic nitrogens is 2. The van der Waals surface area contributed by atoms with Crippen LogP contribution >= 0.6 is 0 Å². The molecule has 162 valence electrons. The third kappa shape index (κ3) is 5.76. The molecule has 1 fully saturated rings. The normalized spacial score (nSPS) is 18.8. The highest BCUT2D eigenvalue weighted by molar-refractivity contribution is 5.80. The molecule has 1 aliphatic rings. The molecule has 0 spiro atoms. The van der Waals surface area contributed by atoms with Crippen molar-refractivity contribution in [2.24, 2.45) is 11.8 Å². The highest BCUT2D eigenvalue weighted by Crippen LogP contribution is 2.35. The second-order valence-corrected chi connectivity index (χ2v) is 9.58. The topological polar surface area (TPSA) is 17.8 Å². The molecule has 0 atom stereocenters. The standard InChI is InChI=1S/C29H36N2/c1-22(2)8-7-9-24-14-16-25(17-15-24)20-31-21-28(26-18-12-23(3)13-19-26)29(30-31)27-10-5-4-6-11-27/h4-6,10-13,18-19,21,24-25H,1,7-9,14-17,20H2,2-3H3. The van der Waals surface area contributed by atoms with Gasteiger partial charge in [-0.15, -0.1) is 6.58 Å². The molecule has 1 aromatic heterocycles. The zero-order valence-electron chi connectivity index (χ0n) is 19.2. The first-order valence-electron chi connectivity index (χ1n) is 11.9. The van der Waals surface area contributed by atoms with Gasteiger partial charge in [0, 0.05) is 23.9 Å². The van der Waals surface area contributed by atoms with Crippen LogP contribution < -0.4 is 0 Å². The number of hydrogen-bond acceptors (Lipinski definition) is 1. The Hall–Kier alpha value is -2.61. The van der Waals surface area contributed by atoms with Gasteiger partial charge < -0.3 is 0 Å². The Labute approximate surface area is 188 Å². The molecule has 0 aliphatic heterocycles. The Bertz CT molecular complexity index is 973. The summed E-state index contributed by atoms with van der Waals surface area (Å²) in [6.45, 7) is 9.36. The van der Waals surface area contributed by atoms with Crippen molar-refractivity contribution in [3.8, 4) is 22.4 Å². The molecule has 2 nitrogen and oxygen atoms in total. The monoisotopic (exact) mass is 412 g/mol. The molecule has 2 aromatic carbocycles. The highest BCUT2D eigenvalue weighted by atomic mass is 15.3. The number of benzene rings is 2. The van der Waals surface area contributed by atoms with Gasteiger partial charge in [0.15, 0.2) is 0 Å². The van der Waals surface area contributed by atoms with Crippen molar-refractivity contribution in [1.82, 2.24) is 9.78 Å². The summed E-state index contributed by atoms with van der Waals surface area (Å²) in [6.07, 6.45) is 11.6. The number of aryl methyl sites for hydroxylation is 1. The van der Waals surface area contributed by atoms with Crippen LogP contribution in [0.1, 0.15) is 57.4 Å². The fourth-order valence-electron chi connectivity index (χ4n) is 4.93. The molecule has 0 unspecified atom stereocenters. The SMILES string of the molecule is C=C(C)CCCC1CCC(Cn2cc(-c3ccc(C)cc3)c(-c3ccccc3)n2)CC1. The molecule has 0 bridgehead atoms. The van der Waals surface area contributed by atoms with Gasteiger partial charge in [-0.3, -0.25) is 4.68 Å². The van der Waals surface area contributed by atoms with Crippen LogP contribution in [0.4, 0.5) is 0 Å². The Morgan fingerprint density at radius 1 is 0.935 bits per heavy atom. The Morgan fingerprint density at radius 3 is 2.29 bits per heavy atom. The Morgan fingerprint density at radius 2 is 1.61 bits per heavy atom. The smallest absolute Gasteiger partial charge is 0.100 e. The van der Waals surface area contributed by atoms with E-state index >= 15 is 0 Å². The molecular weight excluding hydrogens is 376 g/mol. The van der Waals surface area contributed by atoms with Crippen LogP contribution in [0.3, 0.4) is 0 Å². The maximum atomic E-state index is 5.07. The predicted molar refractivity (Wildman–Crippen MR) is 132 cm³/mol. The molecule has 2 heteroatoms. The van der Waals surface area contributed by atoms with E-state index in [9.17, 15) is 0 Å². The first-order valence-corrected chi connectivity index (χ1v) is 11.9. The number of nitrogens with zero attached hydrogens (tertiary/aromatic N) is 2. The lowest BCUT2D eigenvalue weighted by Gasteiger charge is -2.28. The molecule has 1 saturated carbocycles. The largest absolute Gasteiger partial charge is 0.271 e. The van der Waals surface area contributed by atoms with Gasteiger partial charge in [-0.05, 0) is 56.9 Å².